The lowest BCUT2D eigenvalue weighted by molar-refractivity contribution is -0.154. The van der Waals surface area contributed by atoms with Crippen LogP contribution in [-0.2, 0) is 23.4 Å². The molecule has 0 radical (unpaired) electrons. The van der Waals surface area contributed by atoms with Crippen LogP contribution in [-0.4, -0.2) is 41.7 Å². The van der Waals surface area contributed by atoms with E-state index in [0.717, 1.165) is 32.1 Å². The summed E-state index contributed by atoms with van der Waals surface area (Å²) < 4.78 is 27.1. The average molecular weight is 775 g/mol. The Labute approximate surface area is 329 Å². The first-order valence-electron chi connectivity index (χ1n) is 23.4. The molecular weight excluding hydrogens is 683 g/mol. The number of ether oxygens (including phenoxy) is 2. The van der Waals surface area contributed by atoms with Crippen molar-refractivity contribution in [2.45, 2.75) is 264 Å². The second kappa shape index (κ2) is 42.7. The van der Waals surface area contributed by atoms with E-state index in [4.69, 9.17) is 19.3 Å². The van der Waals surface area contributed by atoms with Gasteiger partial charge in [-0.3, -0.25) is 9.32 Å². The molecule has 318 valence electrons. The molecule has 0 aromatic heterocycles. The number of carbonyl (C=O) groups excluding carboxylic acids is 1. The third-order valence-electron chi connectivity index (χ3n) is 10.7. The van der Waals surface area contributed by atoms with E-state index in [1.54, 1.807) is 0 Å². The van der Waals surface area contributed by atoms with Crippen LogP contribution in [0.2, 0.25) is 0 Å². The predicted molar refractivity (Wildman–Crippen MR) is 225 cm³/mol. The molecule has 53 heavy (non-hydrogen) atoms. The van der Waals surface area contributed by atoms with Gasteiger partial charge in [0.2, 0.25) is 0 Å². The monoisotopic (exact) mass is 775 g/mol. The molecule has 7 nitrogen and oxygen atoms in total. The van der Waals surface area contributed by atoms with Crippen molar-refractivity contribution in [3.05, 3.63) is 0 Å². The topological polar surface area (TPSA) is 102 Å². The summed E-state index contributed by atoms with van der Waals surface area (Å²) in [7, 11) is -4.65. The van der Waals surface area contributed by atoms with Crippen LogP contribution >= 0.6 is 7.82 Å². The van der Waals surface area contributed by atoms with E-state index >= 15 is 0 Å². The summed E-state index contributed by atoms with van der Waals surface area (Å²) in [5, 5.41) is 0. The molecule has 0 heterocycles. The van der Waals surface area contributed by atoms with Gasteiger partial charge in [-0.15, -0.1) is 0 Å². The molecular formula is C45H91O7P. The smallest absolute Gasteiger partial charge is 0.457 e. The van der Waals surface area contributed by atoms with E-state index in [1.807, 2.05) is 0 Å². The first kappa shape index (κ1) is 52.5. The maximum atomic E-state index is 12.4. The van der Waals surface area contributed by atoms with Gasteiger partial charge in [0.05, 0.1) is 13.2 Å². The molecule has 8 heteroatoms. The van der Waals surface area contributed by atoms with Crippen LogP contribution in [0.25, 0.3) is 0 Å². The standard InChI is InChI=1S/C45H91O7P/c1-3-5-7-9-11-13-15-17-19-21-22-23-24-25-26-28-30-32-34-36-38-40-45(46)52-44(43-51-53(47,48)49)42-50-41-39-37-35-33-31-29-27-20-18-16-14-12-10-8-6-4-2/h44H,3-43H2,1-2H3,(H2,47,48,49)/t44-/m1/s1. The van der Waals surface area contributed by atoms with Gasteiger partial charge in [0.25, 0.3) is 0 Å². The molecule has 0 aliphatic heterocycles. The average Bonchev–Trinajstić information content (AvgIpc) is 3.13. The lowest BCUT2D eigenvalue weighted by Crippen LogP contribution is -2.28. The van der Waals surface area contributed by atoms with Crippen molar-refractivity contribution < 1.29 is 33.1 Å². The SMILES string of the molecule is CCCCCCCCCCCCCCCCCCCCCCCC(=O)O[C@H](COCCCCCCCCCCCCCCCCCC)COP(=O)(O)O. The minimum absolute atomic E-state index is 0.0871. The van der Waals surface area contributed by atoms with Crippen LogP contribution in [0.4, 0.5) is 0 Å². The van der Waals surface area contributed by atoms with Crippen molar-refractivity contribution in [2.75, 3.05) is 19.8 Å². The van der Waals surface area contributed by atoms with Gasteiger partial charge in [-0.25, -0.2) is 4.57 Å². The number of rotatable bonds is 45. The van der Waals surface area contributed by atoms with Gasteiger partial charge in [-0.1, -0.05) is 239 Å². The van der Waals surface area contributed by atoms with Crippen molar-refractivity contribution in [1.29, 1.82) is 0 Å². The quantitative estimate of drug-likeness (QED) is 0.0361. The first-order chi connectivity index (χ1) is 25.9. The molecule has 0 rings (SSSR count). The third kappa shape index (κ3) is 45.8. The summed E-state index contributed by atoms with van der Waals surface area (Å²) >= 11 is 0. The van der Waals surface area contributed by atoms with Crippen molar-refractivity contribution in [3.63, 3.8) is 0 Å². The lowest BCUT2D eigenvalue weighted by Gasteiger charge is -2.18. The predicted octanol–water partition coefficient (Wildman–Crippen LogP) is 14.9. The van der Waals surface area contributed by atoms with Gasteiger partial charge in [-0.2, -0.15) is 0 Å². The Kier molecular flexibility index (Phi) is 42.3. The number of unbranched alkanes of at least 4 members (excludes halogenated alkanes) is 35. The zero-order valence-corrected chi connectivity index (χ0v) is 36.3. The highest BCUT2D eigenvalue weighted by molar-refractivity contribution is 7.46. The number of hydrogen-bond acceptors (Lipinski definition) is 5. The fraction of sp³-hybridized carbons (Fsp3) is 0.978. The Hall–Kier alpha value is -0.460. The molecule has 0 spiro atoms. The van der Waals surface area contributed by atoms with Crippen LogP contribution in [0.15, 0.2) is 0 Å². The maximum Gasteiger partial charge on any atom is 0.469 e. The minimum atomic E-state index is -4.65. The van der Waals surface area contributed by atoms with Crippen molar-refractivity contribution >= 4 is 13.8 Å². The molecule has 0 unspecified atom stereocenters. The van der Waals surface area contributed by atoms with E-state index in [-0.39, 0.29) is 19.2 Å². The number of hydrogen-bond donors (Lipinski definition) is 2. The number of phosphoric acid groups is 1. The second-order valence-electron chi connectivity index (χ2n) is 16.1. The summed E-state index contributed by atoms with van der Waals surface area (Å²) in [5.41, 5.74) is 0. The molecule has 0 fully saturated rings. The fourth-order valence-electron chi connectivity index (χ4n) is 7.21. The van der Waals surface area contributed by atoms with Gasteiger partial charge in [0.15, 0.2) is 0 Å². The molecule has 2 N–H and O–H groups in total. The number of esters is 1. The summed E-state index contributed by atoms with van der Waals surface area (Å²) in [5.74, 6) is -0.354. The molecule has 0 saturated heterocycles. The molecule has 0 aliphatic carbocycles. The van der Waals surface area contributed by atoms with Gasteiger partial charge >= 0.3 is 13.8 Å². The highest BCUT2D eigenvalue weighted by Gasteiger charge is 2.21. The molecule has 0 aromatic carbocycles. The molecule has 0 amide bonds. The van der Waals surface area contributed by atoms with Crippen LogP contribution in [0.5, 0.6) is 0 Å². The van der Waals surface area contributed by atoms with Crippen molar-refractivity contribution in [3.8, 4) is 0 Å². The summed E-state index contributed by atoms with van der Waals surface area (Å²) in [4.78, 5) is 30.7. The van der Waals surface area contributed by atoms with Crippen molar-refractivity contribution in [2.24, 2.45) is 0 Å². The zero-order valence-electron chi connectivity index (χ0n) is 35.5. The Bertz CT molecular complexity index is 774. The van der Waals surface area contributed by atoms with E-state index in [9.17, 15) is 9.36 Å². The van der Waals surface area contributed by atoms with E-state index < -0.39 is 13.9 Å². The molecule has 1 atom stereocenters. The Morgan fingerprint density at radius 3 is 1.02 bits per heavy atom. The molecule has 0 aliphatic rings. The largest absolute Gasteiger partial charge is 0.469 e. The first-order valence-corrected chi connectivity index (χ1v) is 24.9. The summed E-state index contributed by atoms with van der Waals surface area (Å²) in [6, 6.07) is 0. The molecule has 0 bridgehead atoms. The number of phosphoric ester groups is 1. The van der Waals surface area contributed by atoms with Crippen LogP contribution in [0.1, 0.15) is 258 Å². The minimum Gasteiger partial charge on any atom is -0.457 e. The molecule has 0 aromatic rings. The summed E-state index contributed by atoms with van der Waals surface area (Å²) in [6.07, 6.45) is 48.2. The van der Waals surface area contributed by atoms with Gasteiger partial charge in [-0.05, 0) is 12.8 Å². The molecule has 0 saturated carbocycles. The summed E-state index contributed by atoms with van der Waals surface area (Å²) in [6.45, 7) is 4.82. The lowest BCUT2D eigenvalue weighted by atomic mass is 10.0. The third-order valence-corrected chi connectivity index (χ3v) is 11.1. The second-order valence-corrected chi connectivity index (χ2v) is 17.3. The van der Waals surface area contributed by atoms with E-state index in [0.29, 0.717) is 13.0 Å². The fourth-order valence-corrected chi connectivity index (χ4v) is 7.57. The van der Waals surface area contributed by atoms with E-state index in [2.05, 4.69) is 18.4 Å². The van der Waals surface area contributed by atoms with Crippen LogP contribution in [0.3, 0.4) is 0 Å². The zero-order chi connectivity index (χ0) is 38.8. The Morgan fingerprint density at radius 2 is 0.717 bits per heavy atom. The Morgan fingerprint density at radius 1 is 0.434 bits per heavy atom. The van der Waals surface area contributed by atoms with Gasteiger partial charge in [0.1, 0.15) is 6.10 Å². The van der Waals surface area contributed by atoms with Crippen LogP contribution < -0.4 is 0 Å². The Balaban J connectivity index is 3.68. The van der Waals surface area contributed by atoms with E-state index in [1.165, 1.54) is 205 Å². The number of carbonyl (C=O) groups is 1. The van der Waals surface area contributed by atoms with Gasteiger partial charge < -0.3 is 19.3 Å². The van der Waals surface area contributed by atoms with Crippen LogP contribution in [0, 0.1) is 0 Å². The highest BCUT2D eigenvalue weighted by atomic mass is 31.2. The van der Waals surface area contributed by atoms with Crippen molar-refractivity contribution in [1.82, 2.24) is 0 Å². The normalized spacial score (nSPS) is 12.5. The highest BCUT2D eigenvalue weighted by Crippen LogP contribution is 2.36. The maximum absolute atomic E-state index is 12.4. The van der Waals surface area contributed by atoms with Gasteiger partial charge in [0, 0.05) is 13.0 Å².